The molecule has 34 heavy (non-hydrogen) atoms. The zero-order valence-corrected chi connectivity index (χ0v) is 18.8. The molecule has 0 saturated carbocycles. The van der Waals surface area contributed by atoms with Crippen molar-refractivity contribution in [2.24, 2.45) is 0 Å². The lowest BCUT2D eigenvalue weighted by molar-refractivity contribution is -0.155. The van der Waals surface area contributed by atoms with Crippen molar-refractivity contribution in [1.29, 1.82) is 0 Å². The van der Waals surface area contributed by atoms with E-state index in [9.17, 15) is 14.4 Å². The molecule has 2 atom stereocenters. The van der Waals surface area contributed by atoms with Crippen molar-refractivity contribution in [3.05, 3.63) is 88.6 Å². The van der Waals surface area contributed by atoms with E-state index in [0.29, 0.717) is 12.8 Å². The average Bonchev–Trinajstić information content (AvgIpc) is 3.48. The zero-order valence-electron chi connectivity index (χ0n) is 18.8. The molecular formula is C27H27N3O4. The van der Waals surface area contributed by atoms with Gasteiger partial charge in [0, 0.05) is 6.42 Å². The predicted octanol–water partition coefficient (Wildman–Crippen LogP) is 3.42. The summed E-state index contributed by atoms with van der Waals surface area (Å²) in [5.41, 5.74) is 8.77. The number of carbonyl (C=O) groups excluding carboxylic acids is 3. The van der Waals surface area contributed by atoms with E-state index in [1.165, 1.54) is 5.57 Å². The van der Waals surface area contributed by atoms with Gasteiger partial charge in [0.2, 0.25) is 5.91 Å². The molecule has 1 fully saturated rings. The van der Waals surface area contributed by atoms with Crippen LogP contribution in [-0.4, -0.2) is 35.4 Å². The molecule has 1 saturated heterocycles. The van der Waals surface area contributed by atoms with Crippen LogP contribution in [-0.2, 0) is 19.1 Å². The standard InChI is InChI=1S/C27H27N3O4/c31-23-15-14-22(28-23)27(33)34-17-24(32)30-26(19-10-5-2-6-11-19)21-13-7-12-20(25(21)29-30)16-18-8-3-1-4-9-18/h1-6,8-11,16,22,26,29H,7,12-15,17H2,(H,28,31)/b20-16+/t22-,26+/m0/s1. The summed E-state index contributed by atoms with van der Waals surface area (Å²) >= 11 is 0. The number of benzene rings is 2. The Hall–Kier alpha value is -3.87. The lowest BCUT2D eigenvalue weighted by Gasteiger charge is -2.27. The Morgan fingerprint density at radius 1 is 1.00 bits per heavy atom. The number of hydrazine groups is 1. The summed E-state index contributed by atoms with van der Waals surface area (Å²) in [6.45, 7) is -0.389. The molecule has 7 nitrogen and oxygen atoms in total. The Morgan fingerprint density at radius 3 is 2.44 bits per heavy atom. The van der Waals surface area contributed by atoms with Gasteiger partial charge >= 0.3 is 5.97 Å². The van der Waals surface area contributed by atoms with Crippen LogP contribution in [0, 0.1) is 0 Å². The molecule has 2 aromatic carbocycles. The van der Waals surface area contributed by atoms with E-state index in [1.54, 1.807) is 5.01 Å². The fraction of sp³-hybridized carbons (Fsp3) is 0.296. The van der Waals surface area contributed by atoms with Crippen LogP contribution in [0.4, 0.5) is 0 Å². The molecule has 2 aromatic rings. The first kappa shape index (κ1) is 21.9. The lowest BCUT2D eigenvalue weighted by atomic mass is 9.86. The summed E-state index contributed by atoms with van der Waals surface area (Å²) in [6.07, 6.45) is 5.65. The number of hydrogen-bond acceptors (Lipinski definition) is 5. The number of nitrogens with zero attached hydrogens (tertiary/aromatic N) is 1. The summed E-state index contributed by atoms with van der Waals surface area (Å²) in [5, 5.41) is 4.17. The second-order valence-corrected chi connectivity index (χ2v) is 8.79. The van der Waals surface area contributed by atoms with Crippen molar-refractivity contribution in [3.8, 4) is 0 Å². The minimum atomic E-state index is -0.677. The quantitative estimate of drug-likeness (QED) is 0.672. The molecule has 1 aliphatic carbocycles. The number of rotatable bonds is 5. The van der Waals surface area contributed by atoms with E-state index in [0.717, 1.165) is 41.7 Å². The molecular weight excluding hydrogens is 430 g/mol. The number of hydrogen-bond donors (Lipinski definition) is 2. The van der Waals surface area contributed by atoms with Crippen LogP contribution in [0.25, 0.3) is 6.08 Å². The summed E-state index contributed by atoms with van der Waals surface area (Å²) in [4.78, 5) is 37.0. The van der Waals surface area contributed by atoms with Crippen LogP contribution in [0.5, 0.6) is 0 Å². The summed E-state index contributed by atoms with van der Waals surface area (Å²) in [7, 11) is 0. The largest absolute Gasteiger partial charge is 0.454 e. The monoisotopic (exact) mass is 457 g/mol. The van der Waals surface area contributed by atoms with Crippen molar-refractivity contribution in [1.82, 2.24) is 15.8 Å². The predicted molar refractivity (Wildman–Crippen MR) is 127 cm³/mol. The van der Waals surface area contributed by atoms with Gasteiger partial charge in [-0.2, -0.15) is 0 Å². The molecule has 5 rings (SSSR count). The van der Waals surface area contributed by atoms with Crippen LogP contribution < -0.4 is 10.7 Å². The van der Waals surface area contributed by atoms with Gasteiger partial charge in [-0.3, -0.25) is 15.0 Å². The second kappa shape index (κ2) is 9.55. The highest BCUT2D eigenvalue weighted by atomic mass is 16.5. The van der Waals surface area contributed by atoms with E-state index in [4.69, 9.17) is 4.74 Å². The first-order valence-electron chi connectivity index (χ1n) is 11.7. The third-order valence-corrected chi connectivity index (χ3v) is 6.50. The number of ether oxygens (including phenoxy) is 1. The minimum Gasteiger partial charge on any atom is -0.454 e. The van der Waals surface area contributed by atoms with Crippen molar-refractivity contribution < 1.29 is 19.1 Å². The van der Waals surface area contributed by atoms with Crippen LogP contribution in [0.3, 0.4) is 0 Å². The van der Waals surface area contributed by atoms with Gasteiger partial charge in [0.1, 0.15) is 12.1 Å². The SMILES string of the molecule is O=C1CC[C@@H](C(=O)OCC(=O)N2NC3=C(CCC/C3=C\c3ccccc3)[C@H]2c2ccccc2)N1. The Balaban J connectivity index is 1.39. The van der Waals surface area contributed by atoms with Crippen molar-refractivity contribution in [2.45, 2.75) is 44.2 Å². The van der Waals surface area contributed by atoms with E-state index < -0.39 is 12.0 Å². The van der Waals surface area contributed by atoms with E-state index in [2.05, 4.69) is 29.0 Å². The van der Waals surface area contributed by atoms with Crippen molar-refractivity contribution in [2.75, 3.05) is 6.61 Å². The lowest BCUT2D eigenvalue weighted by Crippen LogP contribution is -2.43. The molecule has 3 aliphatic rings. The number of nitrogens with one attached hydrogen (secondary N) is 2. The molecule has 2 amide bonds. The number of amides is 2. The van der Waals surface area contributed by atoms with Crippen molar-refractivity contribution in [3.63, 3.8) is 0 Å². The molecule has 7 heteroatoms. The summed E-state index contributed by atoms with van der Waals surface area (Å²) in [5.74, 6) is -1.08. The van der Waals surface area contributed by atoms with Gasteiger partial charge in [0.05, 0.1) is 5.70 Å². The van der Waals surface area contributed by atoms with Crippen LogP contribution in [0.15, 0.2) is 77.5 Å². The molecule has 0 radical (unpaired) electrons. The van der Waals surface area contributed by atoms with E-state index in [1.807, 2.05) is 48.5 Å². The Labute approximate surface area is 198 Å². The van der Waals surface area contributed by atoms with Crippen LogP contribution in [0.2, 0.25) is 0 Å². The number of esters is 1. The fourth-order valence-corrected chi connectivity index (χ4v) is 4.86. The average molecular weight is 458 g/mol. The molecule has 174 valence electrons. The van der Waals surface area contributed by atoms with Gasteiger partial charge in [-0.15, -0.1) is 0 Å². The Kier molecular flexibility index (Phi) is 6.16. The highest BCUT2D eigenvalue weighted by molar-refractivity contribution is 5.89. The normalized spacial score (nSPS) is 22.9. The molecule has 0 spiro atoms. The first-order chi connectivity index (χ1) is 16.6. The third kappa shape index (κ3) is 4.46. The third-order valence-electron chi connectivity index (χ3n) is 6.50. The summed E-state index contributed by atoms with van der Waals surface area (Å²) < 4.78 is 5.29. The van der Waals surface area contributed by atoms with Crippen LogP contribution in [0.1, 0.15) is 49.3 Å². The molecule has 0 unspecified atom stereocenters. The van der Waals surface area contributed by atoms with Gasteiger partial charge < -0.3 is 10.1 Å². The molecule has 2 heterocycles. The fourth-order valence-electron chi connectivity index (χ4n) is 4.86. The minimum absolute atomic E-state index is 0.173. The van der Waals surface area contributed by atoms with Crippen LogP contribution >= 0.6 is 0 Å². The van der Waals surface area contributed by atoms with Gasteiger partial charge in [-0.05, 0) is 54.0 Å². The number of allylic oxidation sites excluding steroid dienone is 1. The topological polar surface area (TPSA) is 87.7 Å². The second-order valence-electron chi connectivity index (χ2n) is 8.79. The van der Waals surface area contributed by atoms with E-state index in [-0.39, 0.29) is 24.5 Å². The number of carbonyl (C=O) groups is 3. The highest BCUT2D eigenvalue weighted by Crippen LogP contribution is 2.43. The Morgan fingerprint density at radius 2 is 1.74 bits per heavy atom. The van der Waals surface area contributed by atoms with Gasteiger partial charge in [-0.25, -0.2) is 9.80 Å². The van der Waals surface area contributed by atoms with E-state index >= 15 is 0 Å². The molecule has 0 bridgehead atoms. The highest BCUT2D eigenvalue weighted by Gasteiger charge is 2.39. The summed E-state index contributed by atoms with van der Waals surface area (Å²) in [6, 6.07) is 19.1. The van der Waals surface area contributed by atoms with Gasteiger partial charge in [-0.1, -0.05) is 60.7 Å². The zero-order chi connectivity index (χ0) is 23.5. The van der Waals surface area contributed by atoms with Crippen molar-refractivity contribution >= 4 is 23.9 Å². The molecule has 0 aromatic heterocycles. The maximum Gasteiger partial charge on any atom is 0.329 e. The molecule has 2 aliphatic heterocycles. The Bertz CT molecular complexity index is 1160. The first-order valence-corrected chi connectivity index (χ1v) is 11.7. The van der Waals surface area contributed by atoms with Gasteiger partial charge in [0.15, 0.2) is 6.61 Å². The maximum absolute atomic E-state index is 13.3. The maximum atomic E-state index is 13.3. The smallest absolute Gasteiger partial charge is 0.329 e. The van der Waals surface area contributed by atoms with Gasteiger partial charge in [0.25, 0.3) is 5.91 Å². The molecule has 2 N–H and O–H groups in total.